The highest BCUT2D eigenvalue weighted by Crippen LogP contribution is 2.56. The fourth-order valence-corrected chi connectivity index (χ4v) is 5.30. The molecule has 0 saturated carbocycles. The number of methoxy groups -OCH3 is 1. The van der Waals surface area contributed by atoms with Gasteiger partial charge in [-0.3, -0.25) is 28.4 Å². The van der Waals surface area contributed by atoms with Crippen molar-refractivity contribution in [3.63, 3.8) is 0 Å². The number of fused-ring (bicyclic) bond motifs is 4. The van der Waals surface area contributed by atoms with Crippen molar-refractivity contribution < 1.29 is 24.2 Å². The van der Waals surface area contributed by atoms with E-state index in [1.54, 1.807) is 36.4 Å². The van der Waals surface area contributed by atoms with Gasteiger partial charge in [0.05, 0.1) is 12.7 Å². The molecule has 1 fully saturated rings. The molecule has 36 heavy (non-hydrogen) atoms. The number of rotatable bonds is 4. The van der Waals surface area contributed by atoms with E-state index in [0.717, 1.165) is 21.1 Å². The predicted molar refractivity (Wildman–Crippen MR) is 127 cm³/mol. The highest BCUT2D eigenvalue weighted by atomic mass is 16.5. The largest absolute Gasteiger partial charge is 0.467 e. The molecule has 3 atom stereocenters. The minimum atomic E-state index is -2.69. The average Bonchev–Trinajstić information content (AvgIpc) is 3.04. The van der Waals surface area contributed by atoms with Crippen molar-refractivity contribution in [3.05, 3.63) is 92.6 Å². The van der Waals surface area contributed by atoms with Gasteiger partial charge < -0.3 is 15.2 Å². The summed E-state index contributed by atoms with van der Waals surface area (Å²) in [6.45, 7) is 0. The molecule has 1 aromatic heterocycles. The normalized spacial score (nSPS) is 24.2. The van der Waals surface area contributed by atoms with Crippen molar-refractivity contribution >= 4 is 29.2 Å². The van der Waals surface area contributed by atoms with Crippen LogP contribution in [0.2, 0.25) is 0 Å². The van der Waals surface area contributed by atoms with E-state index in [1.165, 1.54) is 38.4 Å². The lowest BCUT2D eigenvalue weighted by Crippen LogP contribution is -2.64. The van der Waals surface area contributed by atoms with Crippen molar-refractivity contribution in [2.75, 3.05) is 17.3 Å². The Bertz CT molecular complexity index is 1550. The fourth-order valence-electron chi connectivity index (χ4n) is 5.30. The molecule has 2 N–H and O–H groups in total. The summed E-state index contributed by atoms with van der Waals surface area (Å²) in [4.78, 5) is 69.2. The van der Waals surface area contributed by atoms with Crippen LogP contribution in [0.25, 0.3) is 0 Å². The molecular weight excluding hydrogens is 468 g/mol. The molecule has 11 heteroatoms. The highest BCUT2D eigenvalue weighted by Gasteiger charge is 2.78. The van der Waals surface area contributed by atoms with Gasteiger partial charge in [0.25, 0.3) is 11.5 Å². The number of carbonyl (C=O) groups excluding carboxylic acids is 3. The number of aliphatic hydroxyl groups is 1. The molecule has 2 bridgehead atoms. The monoisotopic (exact) mass is 490 g/mol. The van der Waals surface area contributed by atoms with Gasteiger partial charge in [0, 0.05) is 25.3 Å². The molecule has 0 aliphatic carbocycles. The molecule has 184 valence electrons. The summed E-state index contributed by atoms with van der Waals surface area (Å²) in [5.74, 6) is -5.06. The summed E-state index contributed by atoms with van der Waals surface area (Å²) >= 11 is 0. The lowest BCUT2D eigenvalue weighted by atomic mass is 9.69. The van der Waals surface area contributed by atoms with E-state index in [4.69, 9.17) is 4.74 Å². The number of esters is 1. The third-order valence-electron chi connectivity index (χ3n) is 6.90. The zero-order valence-corrected chi connectivity index (χ0v) is 19.6. The van der Waals surface area contributed by atoms with Crippen molar-refractivity contribution in [1.29, 1.82) is 0 Å². The Labute approximate surface area is 204 Å². The third kappa shape index (κ3) is 2.68. The number of ether oxygens (including phenoxy) is 1. The van der Waals surface area contributed by atoms with Crippen molar-refractivity contribution in [1.82, 2.24) is 9.13 Å². The van der Waals surface area contributed by atoms with Crippen LogP contribution in [0.1, 0.15) is 15.9 Å². The van der Waals surface area contributed by atoms with Crippen LogP contribution in [0.4, 0.5) is 11.5 Å². The zero-order valence-electron chi connectivity index (χ0n) is 19.6. The van der Waals surface area contributed by atoms with Gasteiger partial charge in [0.2, 0.25) is 5.72 Å². The van der Waals surface area contributed by atoms with Crippen LogP contribution in [0.15, 0.2) is 70.3 Å². The molecule has 3 unspecified atom stereocenters. The molecule has 2 aromatic carbocycles. The number of Topliss-reactive ketones (excluding diaryl/α,β-unsaturated/α-hetero) is 1. The van der Waals surface area contributed by atoms with Crippen LogP contribution in [-0.4, -0.2) is 44.7 Å². The van der Waals surface area contributed by atoms with E-state index in [1.807, 2.05) is 0 Å². The standard InChI is InChI=1S/C25H22N4O7/c1-27-19-16(20(31)28(2)23(27)34)24(22(33)36-3)18(17(30)14-10-6-4-7-11-14)25(35,26-19)21(32)29(24)15-12-8-5-9-13-15/h4-13,18,26,35H,1-3H3. The van der Waals surface area contributed by atoms with Crippen LogP contribution in [0, 0.1) is 5.92 Å². The van der Waals surface area contributed by atoms with Gasteiger partial charge in [0.1, 0.15) is 11.7 Å². The van der Waals surface area contributed by atoms with Gasteiger partial charge in [-0.2, -0.15) is 0 Å². The average molecular weight is 490 g/mol. The quantitative estimate of drug-likeness (QED) is 0.388. The first kappa shape index (κ1) is 23.2. The second-order valence-electron chi connectivity index (χ2n) is 8.72. The van der Waals surface area contributed by atoms with E-state index < -0.39 is 46.1 Å². The molecule has 0 radical (unpaired) electrons. The van der Waals surface area contributed by atoms with Crippen molar-refractivity contribution in [2.24, 2.45) is 20.0 Å². The molecule has 1 amide bonds. The zero-order chi connectivity index (χ0) is 26.0. The molecular formula is C25H22N4O7. The number of aromatic nitrogens is 2. The summed E-state index contributed by atoms with van der Waals surface area (Å²) < 4.78 is 6.91. The maximum absolute atomic E-state index is 14.0. The number of amides is 1. The number of anilines is 2. The summed E-state index contributed by atoms with van der Waals surface area (Å²) in [7, 11) is 3.59. The number of nitrogens with zero attached hydrogens (tertiary/aromatic N) is 3. The van der Waals surface area contributed by atoms with Gasteiger partial charge in [-0.05, 0) is 12.1 Å². The molecule has 1 saturated heterocycles. The second-order valence-corrected chi connectivity index (χ2v) is 8.72. The van der Waals surface area contributed by atoms with Gasteiger partial charge >= 0.3 is 11.7 Å². The first-order chi connectivity index (χ1) is 17.1. The Kier molecular flexibility index (Phi) is 5.00. The summed E-state index contributed by atoms with van der Waals surface area (Å²) in [6, 6.07) is 15.7. The van der Waals surface area contributed by atoms with E-state index in [0.29, 0.717) is 0 Å². The maximum atomic E-state index is 14.0. The Morgan fingerprint density at radius 2 is 1.53 bits per heavy atom. The van der Waals surface area contributed by atoms with Gasteiger partial charge in [-0.15, -0.1) is 0 Å². The van der Waals surface area contributed by atoms with Crippen LogP contribution >= 0.6 is 0 Å². The van der Waals surface area contributed by atoms with Crippen LogP contribution in [0.5, 0.6) is 0 Å². The van der Waals surface area contributed by atoms with Crippen molar-refractivity contribution in [2.45, 2.75) is 11.3 Å². The first-order valence-corrected chi connectivity index (χ1v) is 11.0. The van der Waals surface area contributed by atoms with Crippen LogP contribution in [0.3, 0.4) is 0 Å². The minimum Gasteiger partial charge on any atom is -0.467 e. The number of nitrogens with one attached hydrogen (secondary N) is 1. The molecule has 0 spiro atoms. The van der Waals surface area contributed by atoms with E-state index in [2.05, 4.69) is 5.32 Å². The van der Waals surface area contributed by atoms with Crippen LogP contribution in [-0.2, 0) is 34.0 Å². The topological polar surface area (TPSA) is 140 Å². The number of carbonyl (C=O) groups is 3. The molecule has 3 heterocycles. The second kappa shape index (κ2) is 7.75. The predicted octanol–water partition coefficient (Wildman–Crippen LogP) is 0.112. The van der Waals surface area contributed by atoms with E-state index in [-0.39, 0.29) is 22.6 Å². The van der Waals surface area contributed by atoms with Crippen LogP contribution < -0.4 is 21.5 Å². The molecule has 2 aliphatic rings. The summed E-state index contributed by atoms with van der Waals surface area (Å²) in [5.41, 5.74) is -6.94. The van der Waals surface area contributed by atoms with E-state index in [9.17, 15) is 29.1 Å². The SMILES string of the molecule is COC(=O)C12c3c(n(C)c(=O)n(C)c3=O)NC(O)(C(=O)N1c1ccccc1)C2C(=O)c1ccccc1. The minimum absolute atomic E-state index is 0.101. The number of para-hydroxylation sites is 1. The number of ketones is 1. The Balaban J connectivity index is 1.99. The summed E-state index contributed by atoms with van der Waals surface area (Å²) in [6.07, 6.45) is 0. The number of hydrogen-bond acceptors (Lipinski definition) is 8. The lowest BCUT2D eigenvalue weighted by molar-refractivity contribution is -0.150. The Hall–Kier alpha value is -4.51. The molecule has 2 aliphatic heterocycles. The van der Waals surface area contributed by atoms with Gasteiger partial charge in [-0.1, -0.05) is 48.5 Å². The van der Waals surface area contributed by atoms with Gasteiger partial charge in [0.15, 0.2) is 11.3 Å². The molecule has 11 nitrogen and oxygen atoms in total. The van der Waals surface area contributed by atoms with Gasteiger partial charge in [-0.25, -0.2) is 9.59 Å². The third-order valence-corrected chi connectivity index (χ3v) is 6.90. The van der Waals surface area contributed by atoms with E-state index >= 15 is 0 Å². The first-order valence-electron chi connectivity index (χ1n) is 11.0. The Morgan fingerprint density at radius 3 is 2.11 bits per heavy atom. The molecule has 5 rings (SSSR count). The van der Waals surface area contributed by atoms with Crippen molar-refractivity contribution in [3.8, 4) is 0 Å². The fraction of sp³-hybridized carbons (Fsp3) is 0.240. The molecule has 3 aromatic rings. The highest BCUT2D eigenvalue weighted by molar-refractivity contribution is 6.20. The number of benzene rings is 2. The lowest BCUT2D eigenvalue weighted by Gasteiger charge is -2.43. The maximum Gasteiger partial charge on any atom is 0.338 e. The smallest absolute Gasteiger partial charge is 0.338 e. The summed E-state index contributed by atoms with van der Waals surface area (Å²) in [5, 5.41) is 14.5. The Morgan fingerprint density at radius 1 is 0.944 bits per heavy atom. The number of hydrogen-bond donors (Lipinski definition) is 2.